The van der Waals surface area contributed by atoms with Crippen molar-refractivity contribution in [1.82, 2.24) is 8.61 Å². The zero-order valence-electron chi connectivity index (χ0n) is 18.7. The number of halogens is 1. The Kier molecular flexibility index (Phi) is 8.55. The minimum Gasteiger partial charge on any atom is -0.495 e. The maximum Gasteiger partial charge on any atom is 0.243 e. The molecule has 2 aromatic rings. The summed E-state index contributed by atoms with van der Waals surface area (Å²) in [5.74, 6) is -0.442. The van der Waals surface area contributed by atoms with Crippen molar-refractivity contribution in [3.05, 3.63) is 53.1 Å². The molecule has 0 radical (unpaired) electrons. The van der Waals surface area contributed by atoms with E-state index < -0.39 is 32.5 Å². The number of morpholine rings is 1. The van der Waals surface area contributed by atoms with Crippen LogP contribution in [0.15, 0.2) is 47.4 Å². The lowest BCUT2D eigenvalue weighted by Gasteiger charge is -2.26. The molecule has 0 atom stereocenters. The van der Waals surface area contributed by atoms with Crippen molar-refractivity contribution in [2.45, 2.75) is 11.4 Å². The maximum absolute atomic E-state index is 13.0. The summed E-state index contributed by atoms with van der Waals surface area (Å²) in [6.45, 7) is 0.433. The molecule has 0 aliphatic carbocycles. The van der Waals surface area contributed by atoms with Crippen LogP contribution in [-0.4, -0.2) is 77.6 Å². The second-order valence-electron chi connectivity index (χ2n) is 7.55. The summed E-state index contributed by atoms with van der Waals surface area (Å²) in [6.07, 6.45) is 0.993. The Morgan fingerprint density at radius 2 is 1.82 bits per heavy atom. The van der Waals surface area contributed by atoms with E-state index in [1.54, 1.807) is 24.3 Å². The van der Waals surface area contributed by atoms with Crippen molar-refractivity contribution in [2.24, 2.45) is 0 Å². The van der Waals surface area contributed by atoms with Gasteiger partial charge in [-0.1, -0.05) is 29.8 Å². The fourth-order valence-corrected chi connectivity index (χ4v) is 5.69. The van der Waals surface area contributed by atoms with Gasteiger partial charge in [-0.05, 0) is 29.8 Å². The third-order valence-electron chi connectivity index (χ3n) is 5.15. The van der Waals surface area contributed by atoms with E-state index in [1.165, 1.54) is 29.6 Å². The first-order valence-corrected chi connectivity index (χ1v) is 13.9. The molecule has 1 aliphatic rings. The fourth-order valence-electron chi connectivity index (χ4n) is 3.34. The molecule has 0 aromatic heterocycles. The number of nitrogens with one attached hydrogen (secondary N) is 1. The molecule has 34 heavy (non-hydrogen) atoms. The Hall–Kier alpha value is -2.22. The summed E-state index contributed by atoms with van der Waals surface area (Å²) >= 11 is 6.14. The van der Waals surface area contributed by atoms with Crippen molar-refractivity contribution < 1.29 is 31.1 Å². The van der Waals surface area contributed by atoms with E-state index in [2.05, 4.69) is 5.32 Å². The topological polar surface area (TPSA) is 122 Å². The number of amides is 1. The van der Waals surface area contributed by atoms with E-state index in [0.717, 1.165) is 10.6 Å². The van der Waals surface area contributed by atoms with Crippen molar-refractivity contribution in [3.8, 4) is 5.75 Å². The lowest BCUT2D eigenvalue weighted by molar-refractivity contribution is -0.116. The van der Waals surface area contributed by atoms with Crippen LogP contribution in [0.2, 0.25) is 5.02 Å². The molecule has 0 bridgehead atoms. The number of sulfonamides is 2. The van der Waals surface area contributed by atoms with Crippen LogP contribution >= 0.6 is 11.6 Å². The fraction of sp³-hybridized carbons (Fsp3) is 0.381. The van der Waals surface area contributed by atoms with Gasteiger partial charge in [-0.25, -0.2) is 16.8 Å². The molecule has 0 spiro atoms. The lowest BCUT2D eigenvalue weighted by atomic mass is 10.2. The smallest absolute Gasteiger partial charge is 0.243 e. The Balaban J connectivity index is 1.82. The first kappa shape index (κ1) is 26.4. The van der Waals surface area contributed by atoms with Crippen LogP contribution in [0.5, 0.6) is 5.75 Å². The van der Waals surface area contributed by atoms with E-state index in [0.29, 0.717) is 23.8 Å². The molecule has 1 N–H and O–H groups in total. The molecule has 1 heterocycles. The summed E-state index contributed by atoms with van der Waals surface area (Å²) in [7, 11) is -6.20. The van der Waals surface area contributed by atoms with Gasteiger partial charge in [0.2, 0.25) is 26.0 Å². The molecular formula is C21H26ClN3O7S2. The number of ether oxygens (including phenoxy) is 2. The average Bonchev–Trinajstić information content (AvgIpc) is 2.80. The molecule has 0 saturated carbocycles. The number of carbonyl (C=O) groups excluding carboxylic acids is 1. The van der Waals surface area contributed by atoms with Crippen LogP contribution in [0, 0.1) is 0 Å². The number of benzene rings is 2. The Morgan fingerprint density at radius 3 is 2.44 bits per heavy atom. The number of hydrogen-bond donors (Lipinski definition) is 1. The van der Waals surface area contributed by atoms with E-state index >= 15 is 0 Å². The summed E-state index contributed by atoms with van der Waals surface area (Å²) in [4.78, 5) is 12.8. The van der Waals surface area contributed by atoms with Gasteiger partial charge in [0.25, 0.3) is 0 Å². The molecule has 3 rings (SSSR count). The Bertz CT molecular complexity index is 1250. The van der Waals surface area contributed by atoms with Crippen LogP contribution in [0.25, 0.3) is 0 Å². The van der Waals surface area contributed by atoms with E-state index in [4.69, 9.17) is 21.1 Å². The normalized spacial score (nSPS) is 15.3. The highest BCUT2D eigenvalue weighted by molar-refractivity contribution is 7.89. The Morgan fingerprint density at radius 1 is 1.15 bits per heavy atom. The molecule has 13 heteroatoms. The van der Waals surface area contributed by atoms with Crippen molar-refractivity contribution in [1.29, 1.82) is 0 Å². The molecule has 186 valence electrons. The van der Waals surface area contributed by atoms with Crippen LogP contribution < -0.4 is 10.1 Å². The van der Waals surface area contributed by atoms with Gasteiger partial charge in [0, 0.05) is 24.7 Å². The van der Waals surface area contributed by atoms with E-state index in [1.807, 2.05) is 0 Å². The molecule has 1 saturated heterocycles. The van der Waals surface area contributed by atoms with Crippen molar-refractivity contribution >= 4 is 43.2 Å². The third-order valence-corrected chi connectivity index (χ3v) is 8.61. The lowest BCUT2D eigenvalue weighted by Crippen LogP contribution is -2.40. The van der Waals surface area contributed by atoms with Gasteiger partial charge in [0.15, 0.2) is 0 Å². The minimum absolute atomic E-state index is 0.0264. The SMILES string of the molecule is COc1ccc(S(=O)(=O)N2CCOCC2)cc1NC(=O)CN(Cc1ccccc1Cl)S(C)(=O)=O. The molecule has 1 aliphatic heterocycles. The Labute approximate surface area is 204 Å². The predicted molar refractivity (Wildman–Crippen MR) is 128 cm³/mol. The molecule has 10 nitrogen and oxygen atoms in total. The second kappa shape index (κ2) is 11.0. The maximum atomic E-state index is 13.0. The highest BCUT2D eigenvalue weighted by Gasteiger charge is 2.28. The number of carbonyl (C=O) groups is 1. The van der Waals surface area contributed by atoms with Gasteiger partial charge < -0.3 is 14.8 Å². The largest absolute Gasteiger partial charge is 0.495 e. The minimum atomic E-state index is -3.81. The molecule has 0 unspecified atom stereocenters. The standard InChI is InChI=1S/C21H26ClN3O7S2/c1-31-20-8-7-17(34(29,30)24-9-11-32-12-10-24)13-19(20)23-21(26)15-25(33(2,27)28)14-16-5-3-4-6-18(16)22/h3-8,13H,9-12,14-15H2,1-2H3,(H,23,26). The molecule has 1 amide bonds. The summed E-state index contributed by atoms with van der Waals surface area (Å²) in [6, 6.07) is 10.8. The number of nitrogens with zero attached hydrogens (tertiary/aromatic N) is 2. The van der Waals surface area contributed by atoms with E-state index in [-0.39, 0.29) is 36.0 Å². The zero-order chi connectivity index (χ0) is 24.9. The third kappa shape index (κ3) is 6.46. The number of rotatable bonds is 9. The van der Waals surface area contributed by atoms with Crippen molar-refractivity contribution in [3.63, 3.8) is 0 Å². The van der Waals surface area contributed by atoms with Gasteiger partial charge in [0.1, 0.15) is 5.75 Å². The first-order valence-electron chi connectivity index (χ1n) is 10.3. The molecule has 1 fully saturated rings. The van der Waals surface area contributed by atoms with Crippen LogP contribution in [0.3, 0.4) is 0 Å². The highest BCUT2D eigenvalue weighted by atomic mass is 35.5. The highest BCUT2D eigenvalue weighted by Crippen LogP contribution is 2.29. The average molecular weight is 532 g/mol. The monoisotopic (exact) mass is 531 g/mol. The van der Waals surface area contributed by atoms with Gasteiger partial charge >= 0.3 is 0 Å². The summed E-state index contributed by atoms with van der Waals surface area (Å²) < 4.78 is 63.3. The number of anilines is 1. The quantitative estimate of drug-likeness (QED) is 0.523. The summed E-state index contributed by atoms with van der Waals surface area (Å²) in [5.41, 5.74) is 0.645. The van der Waals surface area contributed by atoms with Crippen LogP contribution in [0.4, 0.5) is 5.69 Å². The number of methoxy groups -OCH3 is 1. The zero-order valence-corrected chi connectivity index (χ0v) is 21.1. The van der Waals surface area contributed by atoms with Gasteiger partial charge in [-0.3, -0.25) is 4.79 Å². The first-order chi connectivity index (χ1) is 16.0. The van der Waals surface area contributed by atoms with Gasteiger partial charge in [-0.2, -0.15) is 8.61 Å². The van der Waals surface area contributed by atoms with Gasteiger partial charge in [-0.15, -0.1) is 0 Å². The second-order valence-corrected chi connectivity index (χ2v) is 11.9. The molecule has 2 aromatic carbocycles. The van der Waals surface area contributed by atoms with Gasteiger partial charge in [0.05, 0.1) is 43.7 Å². The number of hydrogen-bond acceptors (Lipinski definition) is 7. The summed E-state index contributed by atoms with van der Waals surface area (Å²) in [5, 5.41) is 2.94. The van der Waals surface area contributed by atoms with Crippen LogP contribution in [-0.2, 0) is 36.1 Å². The van der Waals surface area contributed by atoms with Crippen molar-refractivity contribution in [2.75, 3.05) is 51.5 Å². The van der Waals surface area contributed by atoms with Crippen LogP contribution in [0.1, 0.15) is 5.56 Å². The van der Waals surface area contributed by atoms with E-state index in [9.17, 15) is 21.6 Å². The predicted octanol–water partition coefficient (Wildman–Crippen LogP) is 1.77. The molecular weight excluding hydrogens is 506 g/mol.